The maximum atomic E-state index is 6.81. The topological polar surface area (TPSA) is 60.4 Å². The maximum Gasteiger partial charge on any atom is 0.178 e. The van der Waals surface area contributed by atoms with Crippen LogP contribution < -0.4 is 14.4 Å². The molecule has 308 valence electrons. The zero-order chi connectivity index (χ0) is 43.3. The third-order valence-electron chi connectivity index (χ3n) is 12.7. The summed E-state index contributed by atoms with van der Waals surface area (Å²) >= 11 is 0. The van der Waals surface area contributed by atoms with Gasteiger partial charge < -0.3 is 14.4 Å². The van der Waals surface area contributed by atoms with Gasteiger partial charge in [-0.05, 0) is 137 Å². The highest BCUT2D eigenvalue weighted by molar-refractivity contribution is 5.92. The van der Waals surface area contributed by atoms with Crippen molar-refractivity contribution < 1.29 is 9.47 Å². The van der Waals surface area contributed by atoms with Crippen molar-refractivity contribution in [3.05, 3.63) is 253 Å². The van der Waals surface area contributed by atoms with E-state index < -0.39 is 5.41 Å². The number of fused-ring (bicyclic) bond motifs is 6. The minimum Gasteiger partial charge on any atom is -0.449 e. The number of aromatic nitrogens is 3. The van der Waals surface area contributed by atoms with Crippen LogP contribution in [-0.2, 0) is 5.41 Å². The molecule has 0 bridgehead atoms. The summed E-state index contributed by atoms with van der Waals surface area (Å²) in [6.45, 7) is 2.03. The van der Waals surface area contributed by atoms with Crippen LogP contribution in [0, 0.1) is 6.92 Å². The fourth-order valence-corrected chi connectivity index (χ4v) is 9.70. The summed E-state index contributed by atoms with van der Waals surface area (Å²) in [6.07, 6.45) is 5.50. The molecule has 0 fully saturated rings. The second kappa shape index (κ2) is 15.6. The third-order valence-corrected chi connectivity index (χ3v) is 12.7. The number of pyridine rings is 3. The number of para-hydroxylation sites is 2. The van der Waals surface area contributed by atoms with Gasteiger partial charge in [0.2, 0.25) is 0 Å². The Morgan fingerprint density at radius 2 is 0.985 bits per heavy atom. The number of ether oxygens (including phenoxy) is 2. The average Bonchev–Trinajstić information content (AvgIpc) is 3.68. The molecule has 1 aliphatic carbocycles. The van der Waals surface area contributed by atoms with Crippen LogP contribution in [0.5, 0.6) is 23.0 Å². The number of benzene rings is 7. The third kappa shape index (κ3) is 6.46. The molecule has 6 nitrogen and oxygen atoms in total. The highest BCUT2D eigenvalue weighted by Crippen LogP contribution is 2.62. The maximum absolute atomic E-state index is 6.81. The van der Waals surface area contributed by atoms with Crippen molar-refractivity contribution in [3.63, 3.8) is 0 Å². The van der Waals surface area contributed by atoms with Crippen LogP contribution in [0.25, 0.3) is 44.8 Å². The summed E-state index contributed by atoms with van der Waals surface area (Å²) in [5.41, 5.74) is 16.3. The van der Waals surface area contributed by atoms with E-state index in [0.29, 0.717) is 17.2 Å². The van der Waals surface area contributed by atoms with Crippen molar-refractivity contribution in [3.8, 4) is 67.8 Å². The number of hydrogen-bond acceptors (Lipinski definition) is 6. The molecule has 0 saturated heterocycles. The molecule has 0 radical (unpaired) electrons. The van der Waals surface area contributed by atoms with E-state index in [1.54, 1.807) is 0 Å². The van der Waals surface area contributed by atoms with Gasteiger partial charge in [0.25, 0.3) is 0 Å². The number of nitrogens with zero attached hydrogens (tertiary/aromatic N) is 4. The van der Waals surface area contributed by atoms with Crippen molar-refractivity contribution >= 4 is 17.1 Å². The molecule has 0 spiro atoms. The minimum atomic E-state index is -0.709. The summed E-state index contributed by atoms with van der Waals surface area (Å²) in [5.74, 6) is 2.83. The zero-order valence-corrected chi connectivity index (χ0v) is 35.5. The van der Waals surface area contributed by atoms with Gasteiger partial charge in [0, 0.05) is 58.0 Å². The Morgan fingerprint density at radius 3 is 1.68 bits per heavy atom. The molecule has 0 saturated carbocycles. The molecule has 6 heteroatoms. The predicted octanol–water partition coefficient (Wildman–Crippen LogP) is 14.9. The van der Waals surface area contributed by atoms with E-state index in [-0.39, 0.29) is 0 Å². The van der Waals surface area contributed by atoms with Gasteiger partial charge >= 0.3 is 0 Å². The Kier molecular flexibility index (Phi) is 9.16. The van der Waals surface area contributed by atoms with Crippen molar-refractivity contribution in [1.29, 1.82) is 0 Å². The van der Waals surface area contributed by atoms with Crippen LogP contribution in [0.1, 0.15) is 27.9 Å². The zero-order valence-electron chi connectivity index (χ0n) is 35.5. The van der Waals surface area contributed by atoms with Crippen LogP contribution in [0.3, 0.4) is 0 Å². The first-order chi connectivity index (χ1) is 32.1. The van der Waals surface area contributed by atoms with Gasteiger partial charge in [-0.15, -0.1) is 0 Å². The monoisotopic (exact) mass is 836 g/mol. The first-order valence-electron chi connectivity index (χ1n) is 21.8. The molecule has 2 aliphatic rings. The average molecular weight is 837 g/mol. The molecule has 1 aliphatic heterocycles. The first-order valence-corrected chi connectivity index (χ1v) is 21.8. The molecule has 4 heterocycles. The Labute approximate surface area is 377 Å². The number of hydrogen-bond donors (Lipinski definition) is 0. The molecule has 3 aromatic heterocycles. The summed E-state index contributed by atoms with van der Waals surface area (Å²) in [7, 11) is 0. The van der Waals surface area contributed by atoms with Crippen LogP contribution in [-0.4, -0.2) is 15.0 Å². The highest BCUT2D eigenvalue weighted by Gasteiger charge is 2.48. The molecule has 1 unspecified atom stereocenters. The molecule has 12 rings (SSSR count). The fraction of sp³-hybridized carbons (Fsp3) is 0.0339. The van der Waals surface area contributed by atoms with E-state index in [0.717, 1.165) is 90.0 Å². The molecule has 7 aromatic carbocycles. The van der Waals surface area contributed by atoms with Crippen molar-refractivity contribution in [2.45, 2.75) is 12.3 Å². The minimum absolute atomic E-state index is 0.698. The normalized spacial score (nSPS) is 14.2. The molecule has 65 heavy (non-hydrogen) atoms. The van der Waals surface area contributed by atoms with Gasteiger partial charge in [0.1, 0.15) is 0 Å². The van der Waals surface area contributed by atoms with Crippen LogP contribution >= 0.6 is 0 Å². The molecule has 10 aromatic rings. The molecule has 1 atom stereocenters. The molecule has 0 N–H and O–H groups in total. The largest absolute Gasteiger partial charge is 0.449 e. The lowest BCUT2D eigenvalue weighted by Crippen LogP contribution is -2.28. The quantitative estimate of drug-likeness (QED) is 0.152. The van der Waals surface area contributed by atoms with Crippen LogP contribution in [0.4, 0.5) is 17.1 Å². The van der Waals surface area contributed by atoms with Gasteiger partial charge in [0.05, 0.1) is 16.8 Å². The standard InChI is InChI=1S/C59H40N4O2/c1-39-9-8-13-53(62-39)43-16-22-44(23-17-43)59(50-11-3-2-10-49(50)57-51(59)32-33-56-58(57)65-55-15-5-4-14-54(55)64-56)45-24-30-48(31-25-45)63(46-26-18-40(19-27-46)41-34-37-60-38-35-41)47-28-20-42(21-29-47)52-12-6-7-36-61-52/h2-38H,1H3. The second-order valence-corrected chi connectivity index (χ2v) is 16.4. The predicted molar refractivity (Wildman–Crippen MR) is 259 cm³/mol. The van der Waals surface area contributed by atoms with Crippen molar-refractivity contribution in [1.82, 2.24) is 15.0 Å². The smallest absolute Gasteiger partial charge is 0.178 e. The first kappa shape index (κ1) is 38.1. The van der Waals surface area contributed by atoms with E-state index in [2.05, 4.69) is 160 Å². The Bertz CT molecular complexity index is 3270. The van der Waals surface area contributed by atoms with Crippen molar-refractivity contribution in [2.24, 2.45) is 0 Å². The molecule has 0 amide bonds. The van der Waals surface area contributed by atoms with E-state index in [1.807, 2.05) is 86.2 Å². The number of aryl methyl sites for hydroxylation is 1. The lowest BCUT2D eigenvalue weighted by Gasteiger charge is -2.35. The Balaban J connectivity index is 1.03. The van der Waals surface area contributed by atoms with Gasteiger partial charge in [-0.2, -0.15) is 0 Å². The van der Waals surface area contributed by atoms with Gasteiger partial charge in [0.15, 0.2) is 23.0 Å². The summed E-state index contributed by atoms with van der Waals surface area (Å²) in [5, 5.41) is 0. The van der Waals surface area contributed by atoms with E-state index >= 15 is 0 Å². The number of rotatable bonds is 8. The summed E-state index contributed by atoms with van der Waals surface area (Å²) in [6, 6.07) is 72.6. The van der Waals surface area contributed by atoms with Gasteiger partial charge in [-0.3, -0.25) is 15.0 Å². The second-order valence-electron chi connectivity index (χ2n) is 16.4. The summed E-state index contributed by atoms with van der Waals surface area (Å²) < 4.78 is 13.3. The lowest BCUT2D eigenvalue weighted by molar-refractivity contribution is 0.360. The number of anilines is 3. The fourth-order valence-electron chi connectivity index (χ4n) is 9.70. The van der Waals surface area contributed by atoms with E-state index in [4.69, 9.17) is 14.5 Å². The Hall–Kier alpha value is -8.61. The van der Waals surface area contributed by atoms with Crippen LogP contribution in [0.2, 0.25) is 0 Å². The van der Waals surface area contributed by atoms with Crippen molar-refractivity contribution in [2.75, 3.05) is 4.90 Å². The summed E-state index contributed by atoms with van der Waals surface area (Å²) in [4.78, 5) is 16.0. The van der Waals surface area contributed by atoms with E-state index in [1.165, 1.54) is 5.56 Å². The SMILES string of the molecule is Cc1cccc(-c2ccc(C3(c4ccc(N(c5ccc(-c6ccncc6)cc5)c5ccc(-c6ccccn6)cc5)cc4)c4ccccc4-c4c3ccc3c4Oc4ccccc4O3)cc2)n1. The van der Waals surface area contributed by atoms with E-state index in [9.17, 15) is 0 Å². The van der Waals surface area contributed by atoms with Gasteiger partial charge in [-0.25, -0.2) is 0 Å². The Morgan fingerprint density at radius 1 is 0.415 bits per heavy atom. The highest BCUT2D eigenvalue weighted by atomic mass is 16.6. The molecular weight excluding hydrogens is 797 g/mol. The lowest BCUT2D eigenvalue weighted by atomic mass is 9.67. The van der Waals surface area contributed by atoms with Gasteiger partial charge in [-0.1, -0.05) is 115 Å². The van der Waals surface area contributed by atoms with Crippen LogP contribution in [0.15, 0.2) is 225 Å². The molecular formula is C59H40N4O2.